The molecule has 7 heteroatoms. The fraction of sp³-hybridized carbons (Fsp3) is 0.111. The number of nitro benzene ring substituents is 1. The van der Waals surface area contributed by atoms with Gasteiger partial charge in [0.25, 0.3) is 5.69 Å². The van der Waals surface area contributed by atoms with Crippen LogP contribution in [0, 0.1) is 10.1 Å². The van der Waals surface area contributed by atoms with Crippen LogP contribution in [0.2, 0.25) is 0 Å². The summed E-state index contributed by atoms with van der Waals surface area (Å²) in [4.78, 5) is 19.8. The lowest BCUT2D eigenvalue weighted by Crippen LogP contribution is -2.07. The number of rotatable bonds is 3. The SMILES string of the molecule is O=[N+]([O-])c1ccc2c(c1)C(c1ccccc1)=NCc1nc(CO)cn1-2. The highest BCUT2D eigenvalue weighted by Crippen LogP contribution is 2.28. The van der Waals surface area contributed by atoms with Crippen LogP contribution in [0.1, 0.15) is 22.6 Å². The summed E-state index contributed by atoms with van der Waals surface area (Å²) >= 11 is 0. The summed E-state index contributed by atoms with van der Waals surface area (Å²) in [7, 11) is 0. The van der Waals surface area contributed by atoms with E-state index in [1.165, 1.54) is 12.1 Å². The van der Waals surface area contributed by atoms with Gasteiger partial charge in [0.15, 0.2) is 0 Å². The van der Waals surface area contributed by atoms with Gasteiger partial charge in [-0.1, -0.05) is 30.3 Å². The second-order valence-electron chi connectivity index (χ2n) is 5.67. The van der Waals surface area contributed by atoms with Crippen LogP contribution in [-0.4, -0.2) is 25.3 Å². The standard InChI is InChI=1S/C18H14N4O3/c23-11-13-10-21-16-7-6-14(22(24)25)8-15(16)18(19-9-17(21)20-13)12-4-2-1-3-5-12/h1-8,10,23H,9,11H2. The maximum absolute atomic E-state index is 11.2. The molecule has 124 valence electrons. The number of hydrogen-bond donors (Lipinski definition) is 1. The van der Waals surface area contributed by atoms with Crippen molar-refractivity contribution in [3.63, 3.8) is 0 Å². The summed E-state index contributed by atoms with van der Waals surface area (Å²) in [5, 5.41) is 20.6. The lowest BCUT2D eigenvalue weighted by Gasteiger charge is -2.11. The number of imidazole rings is 1. The zero-order valence-corrected chi connectivity index (χ0v) is 13.2. The van der Waals surface area contributed by atoms with E-state index >= 15 is 0 Å². The van der Waals surface area contributed by atoms with E-state index in [1.807, 2.05) is 34.9 Å². The van der Waals surface area contributed by atoms with E-state index in [-0.39, 0.29) is 12.3 Å². The number of fused-ring (bicyclic) bond motifs is 3. The molecule has 0 atom stereocenters. The molecule has 2 aromatic carbocycles. The van der Waals surface area contributed by atoms with Crippen molar-refractivity contribution in [3.8, 4) is 5.69 Å². The summed E-state index contributed by atoms with van der Waals surface area (Å²) in [6.07, 6.45) is 1.74. The topological polar surface area (TPSA) is 93.6 Å². The Morgan fingerprint density at radius 2 is 2.00 bits per heavy atom. The normalized spacial score (nSPS) is 12.8. The molecule has 4 rings (SSSR count). The largest absolute Gasteiger partial charge is 0.390 e. The Morgan fingerprint density at radius 3 is 2.72 bits per heavy atom. The van der Waals surface area contributed by atoms with Crippen LogP contribution < -0.4 is 0 Å². The predicted octanol–water partition coefficient (Wildman–Crippen LogP) is 2.62. The zero-order chi connectivity index (χ0) is 17.4. The number of hydrogen-bond acceptors (Lipinski definition) is 5. The van der Waals surface area contributed by atoms with E-state index in [1.54, 1.807) is 12.3 Å². The number of aliphatic hydroxyl groups is 1. The number of aliphatic imine (C=N–C) groups is 1. The molecular formula is C18H14N4O3. The van der Waals surface area contributed by atoms with Gasteiger partial charge < -0.3 is 9.67 Å². The van der Waals surface area contributed by atoms with E-state index in [2.05, 4.69) is 9.98 Å². The van der Waals surface area contributed by atoms with Crippen LogP contribution in [0.25, 0.3) is 5.69 Å². The molecule has 1 aromatic heterocycles. The smallest absolute Gasteiger partial charge is 0.270 e. The minimum atomic E-state index is -0.415. The highest BCUT2D eigenvalue weighted by Gasteiger charge is 2.22. The molecule has 0 radical (unpaired) electrons. The van der Waals surface area contributed by atoms with Gasteiger partial charge in [-0.2, -0.15) is 0 Å². The Labute approximate surface area is 143 Å². The molecule has 25 heavy (non-hydrogen) atoms. The number of benzene rings is 2. The average Bonchev–Trinajstić information content (AvgIpc) is 2.99. The average molecular weight is 334 g/mol. The van der Waals surface area contributed by atoms with Gasteiger partial charge in [0.05, 0.1) is 35.2 Å². The minimum Gasteiger partial charge on any atom is -0.390 e. The van der Waals surface area contributed by atoms with Crippen molar-refractivity contribution >= 4 is 11.4 Å². The van der Waals surface area contributed by atoms with Crippen molar-refractivity contribution in [1.82, 2.24) is 9.55 Å². The van der Waals surface area contributed by atoms with Crippen molar-refractivity contribution in [1.29, 1.82) is 0 Å². The molecular weight excluding hydrogens is 320 g/mol. The molecule has 1 aliphatic heterocycles. The van der Waals surface area contributed by atoms with Crippen LogP contribution in [0.5, 0.6) is 0 Å². The molecule has 0 amide bonds. The van der Waals surface area contributed by atoms with E-state index in [0.29, 0.717) is 29.3 Å². The number of non-ortho nitro benzene ring substituents is 1. The maximum atomic E-state index is 11.2. The third-order valence-corrected chi connectivity index (χ3v) is 4.12. The van der Waals surface area contributed by atoms with Gasteiger partial charge >= 0.3 is 0 Å². The fourth-order valence-electron chi connectivity index (χ4n) is 2.98. The molecule has 0 spiro atoms. The Balaban J connectivity index is 1.97. The van der Waals surface area contributed by atoms with Crippen LogP contribution in [0.15, 0.2) is 59.7 Å². The molecule has 0 bridgehead atoms. The quantitative estimate of drug-likeness (QED) is 0.588. The van der Waals surface area contributed by atoms with Crippen LogP contribution in [0.4, 0.5) is 5.69 Å². The summed E-state index contributed by atoms with van der Waals surface area (Å²) in [6.45, 7) is 0.157. The van der Waals surface area contributed by atoms with Gasteiger partial charge in [-0.15, -0.1) is 0 Å². The predicted molar refractivity (Wildman–Crippen MR) is 91.9 cm³/mol. The molecule has 0 fully saturated rings. The van der Waals surface area contributed by atoms with Crippen LogP contribution in [-0.2, 0) is 13.2 Å². The fourth-order valence-corrected chi connectivity index (χ4v) is 2.98. The number of aliphatic hydroxyl groups excluding tert-OH is 1. The molecule has 7 nitrogen and oxygen atoms in total. The molecule has 0 saturated carbocycles. The molecule has 2 heterocycles. The first kappa shape index (κ1) is 15.2. The summed E-state index contributed by atoms with van der Waals surface area (Å²) in [6, 6.07) is 14.3. The van der Waals surface area contributed by atoms with Crippen molar-refractivity contribution in [2.45, 2.75) is 13.2 Å². The lowest BCUT2D eigenvalue weighted by molar-refractivity contribution is -0.384. The molecule has 0 unspecified atom stereocenters. The third kappa shape index (κ3) is 2.60. The van der Waals surface area contributed by atoms with Gasteiger partial charge in [0.1, 0.15) is 5.82 Å². The van der Waals surface area contributed by atoms with E-state index in [4.69, 9.17) is 0 Å². The highest BCUT2D eigenvalue weighted by atomic mass is 16.6. The Morgan fingerprint density at radius 1 is 1.20 bits per heavy atom. The molecule has 0 aliphatic carbocycles. The van der Waals surface area contributed by atoms with E-state index in [9.17, 15) is 15.2 Å². The molecule has 3 aromatic rings. The van der Waals surface area contributed by atoms with Gasteiger partial charge in [-0.3, -0.25) is 15.1 Å². The number of nitro groups is 1. The maximum Gasteiger partial charge on any atom is 0.270 e. The Hall–Kier alpha value is -3.32. The first-order valence-electron chi connectivity index (χ1n) is 7.74. The molecule has 0 saturated heterocycles. The first-order chi connectivity index (χ1) is 12.2. The Kier molecular flexibility index (Phi) is 3.62. The van der Waals surface area contributed by atoms with Crippen LogP contribution >= 0.6 is 0 Å². The number of aromatic nitrogens is 2. The molecule has 1 aliphatic rings. The van der Waals surface area contributed by atoms with Crippen molar-refractivity contribution in [3.05, 3.63) is 87.5 Å². The first-order valence-corrected chi connectivity index (χ1v) is 7.74. The lowest BCUT2D eigenvalue weighted by atomic mass is 10.00. The third-order valence-electron chi connectivity index (χ3n) is 4.12. The van der Waals surface area contributed by atoms with Crippen LogP contribution in [0.3, 0.4) is 0 Å². The monoisotopic (exact) mass is 334 g/mol. The minimum absolute atomic E-state index is 0.00771. The van der Waals surface area contributed by atoms with Gasteiger partial charge in [0, 0.05) is 29.5 Å². The van der Waals surface area contributed by atoms with E-state index < -0.39 is 4.92 Å². The van der Waals surface area contributed by atoms with Gasteiger partial charge in [-0.25, -0.2) is 4.98 Å². The van der Waals surface area contributed by atoms with Crippen molar-refractivity contribution < 1.29 is 10.0 Å². The summed E-state index contributed by atoms with van der Waals surface area (Å²) in [5.74, 6) is 0.685. The second-order valence-corrected chi connectivity index (χ2v) is 5.67. The van der Waals surface area contributed by atoms with Crippen molar-refractivity contribution in [2.24, 2.45) is 4.99 Å². The van der Waals surface area contributed by atoms with E-state index in [0.717, 1.165) is 11.3 Å². The highest BCUT2D eigenvalue weighted by molar-refractivity contribution is 6.15. The molecule has 1 N–H and O–H groups in total. The Bertz CT molecular complexity index is 993. The van der Waals surface area contributed by atoms with Gasteiger partial charge in [-0.05, 0) is 6.07 Å². The summed E-state index contributed by atoms with van der Waals surface area (Å²) < 4.78 is 1.84. The number of nitrogens with zero attached hydrogens (tertiary/aromatic N) is 4. The zero-order valence-electron chi connectivity index (χ0n) is 13.2. The summed E-state index contributed by atoms with van der Waals surface area (Å²) in [5.41, 5.74) is 3.55. The second kappa shape index (κ2) is 5.95. The van der Waals surface area contributed by atoms with Crippen molar-refractivity contribution in [2.75, 3.05) is 0 Å². The van der Waals surface area contributed by atoms with Gasteiger partial charge in [0.2, 0.25) is 0 Å².